The fourth-order valence-electron chi connectivity index (χ4n) is 10.7. The molecule has 1 heteroatoms. The van der Waals surface area contributed by atoms with Crippen molar-refractivity contribution in [3.63, 3.8) is 0 Å². The third-order valence-electron chi connectivity index (χ3n) is 14.2. The first kappa shape index (κ1) is 40.6. The molecular formula is C62H59N. The normalized spacial score (nSPS) is 14.4. The van der Waals surface area contributed by atoms with Crippen LogP contribution in [-0.2, 0) is 21.7 Å². The summed E-state index contributed by atoms with van der Waals surface area (Å²) in [5.41, 5.74) is 24.5. The van der Waals surface area contributed by atoms with Crippen LogP contribution in [0.2, 0.25) is 0 Å². The van der Waals surface area contributed by atoms with Gasteiger partial charge in [-0.3, -0.25) is 0 Å². The molecule has 0 spiro atoms. The van der Waals surface area contributed by atoms with Crippen molar-refractivity contribution in [2.75, 3.05) is 4.90 Å². The van der Waals surface area contributed by atoms with Gasteiger partial charge in [0.2, 0.25) is 0 Å². The summed E-state index contributed by atoms with van der Waals surface area (Å²) >= 11 is 0. The fourth-order valence-corrected chi connectivity index (χ4v) is 10.7. The molecule has 2 aliphatic rings. The Balaban J connectivity index is 1.06. The van der Waals surface area contributed by atoms with E-state index in [1.807, 2.05) is 0 Å². The second kappa shape index (κ2) is 14.6. The fraction of sp³-hybridized carbons (Fsp3) is 0.226. The third-order valence-corrected chi connectivity index (χ3v) is 14.2. The van der Waals surface area contributed by atoms with Crippen molar-refractivity contribution >= 4 is 17.1 Å². The molecule has 0 N–H and O–H groups in total. The Morgan fingerprint density at radius 2 is 0.873 bits per heavy atom. The van der Waals surface area contributed by atoms with Gasteiger partial charge in [-0.15, -0.1) is 0 Å². The van der Waals surface area contributed by atoms with E-state index in [2.05, 4.69) is 250 Å². The maximum Gasteiger partial charge on any atom is 0.0467 e. The Hall–Kier alpha value is -6.44. The zero-order valence-corrected chi connectivity index (χ0v) is 38.7. The molecule has 0 saturated carbocycles. The zero-order valence-electron chi connectivity index (χ0n) is 38.7. The highest BCUT2D eigenvalue weighted by atomic mass is 15.1. The minimum absolute atomic E-state index is 0.0306. The second-order valence-electron chi connectivity index (χ2n) is 21.1. The van der Waals surface area contributed by atoms with E-state index >= 15 is 0 Å². The highest BCUT2D eigenvalue weighted by Crippen LogP contribution is 2.55. The number of hydrogen-bond donors (Lipinski definition) is 0. The molecule has 1 nitrogen and oxygen atoms in total. The van der Waals surface area contributed by atoms with Crippen molar-refractivity contribution in [3.05, 3.63) is 209 Å². The van der Waals surface area contributed by atoms with Gasteiger partial charge in [0.25, 0.3) is 0 Å². The number of anilines is 3. The zero-order chi connectivity index (χ0) is 44.1. The van der Waals surface area contributed by atoms with Gasteiger partial charge in [0.05, 0.1) is 0 Å². The van der Waals surface area contributed by atoms with Crippen LogP contribution >= 0.6 is 0 Å². The highest BCUT2D eigenvalue weighted by Gasteiger charge is 2.40. The SMILES string of the molecule is CC(C)(C)c1ccc2c(c1)C(C)(C)c1c-2ccc(C(C)(C)C)c1-c1ccc(-c2cccc(N(c3ccc(-c4ccccc4)cc3)c3ccc4c(c3)C(C)(C)c3ccccc3-4)c2)cc1. The van der Waals surface area contributed by atoms with Gasteiger partial charge >= 0.3 is 0 Å². The summed E-state index contributed by atoms with van der Waals surface area (Å²) in [6, 6.07) is 66.1. The van der Waals surface area contributed by atoms with Gasteiger partial charge in [-0.05, 0) is 136 Å². The standard InChI is InChI=1S/C62H59N/c1-59(2,3)45-29-33-51-52-35-36-54(60(4,5)6)57(58(52)62(9,10)55(51)38-45)43-25-23-42(24-26-43)44-19-16-20-47(37-44)63(46-30-27-41(28-31-46)40-17-12-11-13-18-40)48-32-34-50-49-21-14-15-22-53(49)61(7,8)56(50)39-48/h11-39H,1-10H3. The first-order valence-corrected chi connectivity index (χ1v) is 22.8. The molecule has 0 aromatic heterocycles. The molecule has 8 aromatic rings. The van der Waals surface area contributed by atoms with Crippen LogP contribution in [0.1, 0.15) is 103 Å². The van der Waals surface area contributed by atoms with Crippen LogP contribution in [0.15, 0.2) is 176 Å². The largest absolute Gasteiger partial charge is 0.310 e. The molecule has 0 bridgehead atoms. The lowest BCUT2D eigenvalue weighted by atomic mass is 9.72. The van der Waals surface area contributed by atoms with E-state index in [0.29, 0.717) is 0 Å². The summed E-state index contributed by atoms with van der Waals surface area (Å²) in [5, 5.41) is 0. The molecule has 0 amide bonds. The van der Waals surface area contributed by atoms with Crippen molar-refractivity contribution < 1.29 is 0 Å². The molecular weight excluding hydrogens is 759 g/mol. The average Bonchev–Trinajstić information content (AvgIpc) is 3.65. The van der Waals surface area contributed by atoms with Crippen LogP contribution in [0, 0.1) is 0 Å². The van der Waals surface area contributed by atoms with Gasteiger partial charge in [0, 0.05) is 27.9 Å². The monoisotopic (exact) mass is 817 g/mol. The van der Waals surface area contributed by atoms with E-state index < -0.39 is 0 Å². The van der Waals surface area contributed by atoms with Crippen LogP contribution in [-0.4, -0.2) is 0 Å². The number of nitrogens with zero attached hydrogens (tertiary/aromatic N) is 1. The molecule has 0 radical (unpaired) electrons. The Morgan fingerprint density at radius 3 is 1.59 bits per heavy atom. The Kier molecular flexibility index (Phi) is 9.39. The second-order valence-corrected chi connectivity index (χ2v) is 21.1. The van der Waals surface area contributed by atoms with Crippen molar-refractivity contribution in [1.29, 1.82) is 0 Å². The van der Waals surface area contributed by atoms with Gasteiger partial charge < -0.3 is 4.90 Å². The molecule has 312 valence electrons. The molecule has 0 aliphatic heterocycles. The molecule has 0 saturated heterocycles. The summed E-state index contributed by atoms with van der Waals surface area (Å²) in [7, 11) is 0. The van der Waals surface area contributed by atoms with Gasteiger partial charge in [0.15, 0.2) is 0 Å². The third kappa shape index (κ3) is 6.76. The van der Waals surface area contributed by atoms with Crippen LogP contribution in [0.4, 0.5) is 17.1 Å². The van der Waals surface area contributed by atoms with Crippen LogP contribution in [0.5, 0.6) is 0 Å². The van der Waals surface area contributed by atoms with Gasteiger partial charge in [-0.1, -0.05) is 209 Å². The highest BCUT2D eigenvalue weighted by molar-refractivity contribution is 5.91. The van der Waals surface area contributed by atoms with Crippen molar-refractivity contribution in [3.8, 4) is 55.6 Å². The van der Waals surface area contributed by atoms with Crippen molar-refractivity contribution in [1.82, 2.24) is 0 Å². The molecule has 2 aliphatic carbocycles. The number of rotatable bonds is 6. The minimum atomic E-state index is -0.145. The average molecular weight is 818 g/mol. The molecule has 63 heavy (non-hydrogen) atoms. The van der Waals surface area contributed by atoms with Crippen LogP contribution in [0.3, 0.4) is 0 Å². The summed E-state index contributed by atoms with van der Waals surface area (Å²) in [6.45, 7) is 23.6. The maximum absolute atomic E-state index is 2.48. The molecule has 0 heterocycles. The Morgan fingerprint density at radius 1 is 0.349 bits per heavy atom. The van der Waals surface area contributed by atoms with Crippen LogP contribution < -0.4 is 4.90 Å². The molecule has 0 unspecified atom stereocenters. The minimum Gasteiger partial charge on any atom is -0.310 e. The van der Waals surface area contributed by atoms with E-state index in [0.717, 1.165) is 17.1 Å². The predicted molar refractivity (Wildman–Crippen MR) is 270 cm³/mol. The number of benzene rings is 8. The van der Waals surface area contributed by atoms with Gasteiger partial charge in [-0.25, -0.2) is 0 Å². The van der Waals surface area contributed by atoms with E-state index in [9.17, 15) is 0 Å². The summed E-state index contributed by atoms with van der Waals surface area (Å²) in [4.78, 5) is 2.43. The lowest BCUT2D eigenvalue weighted by molar-refractivity contribution is 0.581. The van der Waals surface area contributed by atoms with Gasteiger partial charge in [-0.2, -0.15) is 0 Å². The first-order valence-electron chi connectivity index (χ1n) is 22.8. The van der Waals surface area contributed by atoms with E-state index in [1.165, 1.54) is 89.0 Å². The molecule has 10 rings (SSSR count). The van der Waals surface area contributed by atoms with Gasteiger partial charge in [0.1, 0.15) is 0 Å². The van der Waals surface area contributed by atoms with E-state index in [1.54, 1.807) is 0 Å². The summed E-state index contributed by atoms with van der Waals surface area (Å²) in [6.07, 6.45) is 0. The predicted octanol–water partition coefficient (Wildman–Crippen LogP) is 17.4. The van der Waals surface area contributed by atoms with Crippen molar-refractivity contribution in [2.45, 2.75) is 90.9 Å². The van der Waals surface area contributed by atoms with E-state index in [-0.39, 0.29) is 21.7 Å². The summed E-state index contributed by atoms with van der Waals surface area (Å²) < 4.78 is 0. The summed E-state index contributed by atoms with van der Waals surface area (Å²) in [5.74, 6) is 0. The number of hydrogen-bond acceptors (Lipinski definition) is 1. The number of fused-ring (bicyclic) bond motifs is 6. The molecule has 8 aromatic carbocycles. The van der Waals surface area contributed by atoms with Crippen LogP contribution in [0.25, 0.3) is 55.6 Å². The molecule has 0 fully saturated rings. The Labute approximate surface area is 376 Å². The topological polar surface area (TPSA) is 3.24 Å². The maximum atomic E-state index is 2.48. The quantitative estimate of drug-likeness (QED) is 0.162. The first-order chi connectivity index (χ1) is 30.0. The Bertz CT molecular complexity index is 3040. The lowest BCUT2D eigenvalue weighted by Gasteiger charge is -2.31. The molecule has 0 atom stereocenters. The van der Waals surface area contributed by atoms with Crippen molar-refractivity contribution in [2.24, 2.45) is 0 Å². The smallest absolute Gasteiger partial charge is 0.0467 e. The lowest BCUT2D eigenvalue weighted by Crippen LogP contribution is -2.21. The van der Waals surface area contributed by atoms with E-state index in [4.69, 9.17) is 0 Å².